The number of halogens is 2. The fourth-order valence-electron chi connectivity index (χ4n) is 3.24. The van der Waals surface area contributed by atoms with Crippen LogP contribution in [-0.2, 0) is 0 Å². The molecular formula is C24H19F2N5OS. The number of thioether (sulfide) groups is 1. The van der Waals surface area contributed by atoms with Gasteiger partial charge in [-0.15, -0.1) is 11.8 Å². The molecular weight excluding hydrogens is 444 g/mol. The van der Waals surface area contributed by atoms with Crippen molar-refractivity contribution in [1.82, 2.24) is 15.0 Å². The summed E-state index contributed by atoms with van der Waals surface area (Å²) in [7, 11) is 1.52. The number of methoxy groups -OCH3 is 1. The van der Waals surface area contributed by atoms with Gasteiger partial charge >= 0.3 is 0 Å². The van der Waals surface area contributed by atoms with Gasteiger partial charge in [-0.1, -0.05) is 0 Å². The van der Waals surface area contributed by atoms with Crippen LogP contribution in [-0.4, -0.2) is 34.7 Å². The Labute approximate surface area is 193 Å². The Balaban J connectivity index is 1.88. The molecule has 33 heavy (non-hydrogen) atoms. The lowest BCUT2D eigenvalue weighted by Gasteiger charge is -2.15. The number of fused-ring (bicyclic) bond motifs is 1. The molecule has 0 aliphatic rings. The second-order valence-corrected chi connectivity index (χ2v) is 7.69. The lowest BCUT2D eigenvalue weighted by atomic mass is 10.0. The van der Waals surface area contributed by atoms with Crippen LogP contribution in [0.5, 0.6) is 5.75 Å². The van der Waals surface area contributed by atoms with Gasteiger partial charge in [0, 0.05) is 41.2 Å². The van der Waals surface area contributed by atoms with Crippen LogP contribution < -0.4 is 10.1 Å². The SMILES string of the molecule is C=N/C=C\SCNc1nc(-c2cccnc2)nc2c(OC)cc(-c3ccc(F)cc3F)cc12. The predicted molar refractivity (Wildman–Crippen MR) is 129 cm³/mol. The number of hydrogen-bond acceptors (Lipinski definition) is 7. The molecule has 0 aliphatic carbocycles. The molecule has 0 atom stereocenters. The third-order valence-corrected chi connectivity index (χ3v) is 5.36. The molecule has 0 saturated carbocycles. The van der Waals surface area contributed by atoms with Crippen LogP contribution in [0.1, 0.15) is 0 Å². The Morgan fingerprint density at radius 3 is 2.76 bits per heavy atom. The van der Waals surface area contributed by atoms with Crippen molar-refractivity contribution in [2.75, 3.05) is 18.3 Å². The third-order valence-electron chi connectivity index (χ3n) is 4.73. The molecule has 2 heterocycles. The molecule has 0 bridgehead atoms. The maximum Gasteiger partial charge on any atom is 0.163 e. The highest BCUT2D eigenvalue weighted by molar-refractivity contribution is 8.02. The highest BCUT2D eigenvalue weighted by atomic mass is 32.2. The van der Waals surface area contributed by atoms with E-state index in [2.05, 4.69) is 22.0 Å². The first-order chi connectivity index (χ1) is 16.1. The van der Waals surface area contributed by atoms with Crippen molar-refractivity contribution in [2.24, 2.45) is 4.99 Å². The number of hydrogen-bond donors (Lipinski definition) is 1. The first kappa shape index (κ1) is 22.3. The molecule has 4 aromatic rings. The van der Waals surface area contributed by atoms with Crippen LogP contribution in [0, 0.1) is 11.6 Å². The highest BCUT2D eigenvalue weighted by Gasteiger charge is 2.17. The number of pyridine rings is 1. The van der Waals surface area contributed by atoms with E-state index in [9.17, 15) is 8.78 Å². The van der Waals surface area contributed by atoms with Gasteiger partial charge in [0.1, 0.15) is 28.7 Å². The summed E-state index contributed by atoms with van der Waals surface area (Å²) in [5, 5.41) is 5.71. The molecule has 0 saturated heterocycles. The number of nitrogens with one attached hydrogen (secondary N) is 1. The maximum absolute atomic E-state index is 14.5. The van der Waals surface area contributed by atoms with E-state index in [0.717, 1.165) is 11.6 Å². The molecule has 0 fully saturated rings. The van der Waals surface area contributed by atoms with Gasteiger partial charge in [-0.25, -0.2) is 18.7 Å². The van der Waals surface area contributed by atoms with E-state index in [0.29, 0.717) is 39.7 Å². The standard InChI is InChI=1S/C24H19F2N5OS/c1-27-8-9-33-14-29-24-19-10-16(18-6-5-17(25)12-20(18)26)11-21(32-2)22(19)30-23(31-24)15-4-3-7-28-13-15/h3-13H,1,14H2,2H3,(H,29,30,31)/b9-8-. The van der Waals surface area contributed by atoms with E-state index >= 15 is 0 Å². The number of nitrogens with zero attached hydrogens (tertiary/aromatic N) is 4. The normalized spacial score (nSPS) is 11.1. The zero-order valence-corrected chi connectivity index (χ0v) is 18.4. The number of aromatic nitrogens is 3. The average molecular weight is 464 g/mol. The Kier molecular flexibility index (Phi) is 6.89. The molecule has 6 nitrogen and oxygen atoms in total. The van der Waals surface area contributed by atoms with Crippen molar-refractivity contribution in [1.29, 1.82) is 0 Å². The summed E-state index contributed by atoms with van der Waals surface area (Å²) in [6.45, 7) is 3.41. The number of benzene rings is 2. The molecule has 166 valence electrons. The molecule has 0 unspecified atom stereocenters. The summed E-state index contributed by atoms with van der Waals surface area (Å²) in [5.74, 6) is 0.609. The average Bonchev–Trinajstić information content (AvgIpc) is 2.83. The zero-order valence-electron chi connectivity index (χ0n) is 17.6. The van der Waals surface area contributed by atoms with Crippen molar-refractivity contribution in [3.8, 4) is 28.3 Å². The van der Waals surface area contributed by atoms with Crippen LogP contribution in [0.3, 0.4) is 0 Å². The van der Waals surface area contributed by atoms with Gasteiger partial charge < -0.3 is 10.1 Å². The smallest absolute Gasteiger partial charge is 0.163 e. The molecule has 9 heteroatoms. The van der Waals surface area contributed by atoms with E-state index in [1.165, 1.54) is 31.0 Å². The van der Waals surface area contributed by atoms with E-state index in [-0.39, 0.29) is 5.56 Å². The third kappa shape index (κ3) is 4.98. The lowest BCUT2D eigenvalue weighted by molar-refractivity contribution is 0.419. The summed E-state index contributed by atoms with van der Waals surface area (Å²) in [5.41, 5.74) is 2.05. The minimum Gasteiger partial charge on any atom is -0.494 e. The van der Waals surface area contributed by atoms with Crippen LogP contribution in [0.25, 0.3) is 33.4 Å². The molecule has 2 aromatic carbocycles. The Hall–Kier alpha value is -3.85. The van der Waals surface area contributed by atoms with Gasteiger partial charge in [0.05, 0.1) is 13.0 Å². The predicted octanol–water partition coefficient (Wildman–Crippen LogP) is 5.92. The molecule has 4 rings (SSSR count). The first-order valence-electron chi connectivity index (χ1n) is 9.82. The molecule has 0 radical (unpaired) electrons. The monoisotopic (exact) mass is 463 g/mol. The topological polar surface area (TPSA) is 72.3 Å². The lowest BCUT2D eigenvalue weighted by Crippen LogP contribution is -2.04. The maximum atomic E-state index is 14.5. The van der Waals surface area contributed by atoms with E-state index in [4.69, 9.17) is 14.7 Å². The van der Waals surface area contributed by atoms with Gasteiger partial charge in [0.25, 0.3) is 0 Å². The van der Waals surface area contributed by atoms with Crippen LogP contribution in [0.2, 0.25) is 0 Å². The van der Waals surface area contributed by atoms with E-state index in [1.807, 2.05) is 6.07 Å². The van der Waals surface area contributed by atoms with Crippen molar-refractivity contribution in [3.63, 3.8) is 0 Å². The van der Waals surface area contributed by atoms with Gasteiger partial charge in [-0.05, 0) is 54.1 Å². The number of aliphatic imine (C=N–C) groups is 1. The quantitative estimate of drug-likeness (QED) is 0.199. The minimum absolute atomic E-state index is 0.244. The summed E-state index contributed by atoms with van der Waals surface area (Å²) >= 11 is 1.47. The molecule has 1 N–H and O–H groups in total. The molecule has 0 aliphatic heterocycles. The highest BCUT2D eigenvalue weighted by Crippen LogP contribution is 2.36. The van der Waals surface area contributed by atoms with Crippen molar-refractivity contribution >= 4 is 35.2 Å². The summed E-state index contributed by atoms with van der Waals surface area (Å²) in [4.78, 5) is 17.2. The minimum atomic E-state index is -0.670. The van der Waals surface area contributed by atoms with Crippen molar-refractivity contribution in [2.45, 2.75) is 0 Å². The van der Waals surface area contributed by atoms with Gasteiger partial charge in [-0.3, -0.25) is 9.98 Å². The summed E-state index contributed by atoms with van der Waals surface area (Å²) in [6.07, 6.45) is 4.93. The zero-order chi connectivity index (χ0) is 23.2. The van der Waals surface area contributed by atoms with Gasteiger partial charge in [-0.2, -0.15) is 0 Å². The Bertz CT molecular complexity index is 1330. The molecule has 0 spiro atoms. The van der Waals surface area contributed by atoms with Crippen LogP contribution >= 0.6 is 11.8 Å². The largest absolute Gasteiger partial charge is 0.494 e. The van der Waals surface area contributed by atoms with E-state index < -0.39 is 11.6 Å². The summed E-state index contributed by atoms with van der Waals surface area (Å²) < 4.78 is 33.6. The van der Waals surface area contributed by atoms with E-state index in [1.54, 1.807) is 42.2 Å². The number of ether oxygens (including phenoxy) is 1. The van der Waals surface area contributed by atoms with Crippen LogP contribution in [0.15, 0.2) is 71.5 Å². The summed E-state index contributed by atoms with van der Waals surface area (Å²) in [6, 6.07) is 10.6. The van der Waals surface area contributed by atoms with Crippen molar-refractivity contribution in [3.05, 3.63) is 78.1 Å². The first-order valence-corrected chi connectivity index (χ1v) is 10.9. The second kappa shape index (κ2) is 10.2. The molecule has 2 aromatic heterocycles. The fraction of sp³-hybridized carbons (Fsp3) is 0.0833. The molecule has 0 amide bonds. The number of rotatable bonds is 8. The Morgan fingerprint density at radius 2 is 2.03 bits per heavy atom. The second-order valence-electron chi connectivity index (χ2n) is 6.79. The number of anilines is 1. The van der Waals surface area contributed by atoms with Crippen molar-refractivity contribution < 1.29 is 13.5 Å². The van der Waals surface area contributed by atoms with Gasteiger partial charge in [0.15, 0.2) is 5.82 Å². The van der Waals surface area contributed by atoms with Gasteiger partial charge in [0.2, 0.25) is 0 Å². The van der Waals surface area contributed by atoms with Crippen LogP contribution in [0.4, 0.5) is 14.6 Å². The fourth-order valence-corrected chi connectivity index (χ4v) is 3.73. The Morgan fingerprint density at radius 1 is 1.15 bits per heavy atom.